The van der Waals surface area contributed by atoms with Crippen LogP contribution in [0.2, 0.25) is 0 Å². The van der Waals surface area contributed by atoms with E-state index in [1.165, 1.54) is 47.2 Å². The molecule has 2 atom stereocenters. The summed E-state index contributed by atoms with van der Waals surface area (Å²) in [4.78, 5) is 0. The van der Waals surface area contributed by atoms with Crippen molar-refractivity contribution in [3.05, 3.63) is 70.4 Å². The fourth-order valence-corrected chi connectivity index (χ4v) is 4.89. The summed E-state index contributed by atoms with van der Waals surface area (Å²) in [5.41, 5.74) is 4.94. The first-order valence-electron chi connectivity index (χ1n) is 10.1. The minimum Gasteiger partial charge on any atom is -0.320 e. The number of piperidine rings is 1. The smallest absolute Gasteiger partial charge is 0.320 e. The Morgan fingerprint density at radius 2 is 1.97 bits per heavy atom. The standard InChI is InChI=1S/C24H23F3N2/c1-15-8-9-21-19(12-15)23-20-7-3-6-18(28-20)14-22(23)29(21)11-10-16-4-2-5-17(13-16)24(25,26)27/h2,4-5,8-13,18,20,28H,3,6-7,14H2,1H3/b11-10-/t18?,20-/m0/s1. The molecule has 0 spiro atoms. The zero-order valence-electron chi connectivity index (χ0n) is 16.3. The third-order valence-electron chi connectivity index (χ3n) is 6.20. The lowest BCUT2D eigenvalue weighted by molar-refractivity contribution is -0.137. The number of rotatable bonds is 2. The van der Waals surface area contributed by atoms with Crippen molar-refractivity contribution in [2.45, 2.75) is 50.9 Å². The van der Waals surface area contributed by atoms with Gasteiger partial charge in [0.05, 0.1) is 11.1 Å². The van der Waals surface area contributed by atoms with Gasteiger partial charge in [-0.15, -0.1) is 0 Å². The van der Waals surface area contributed by atoms with Crippen LogP contribution < -0.4 is 5.32 Å². The van der Waals surface area contributed by atoms with E-state index in [0.717, 1.165) is 24.4 Å². The van der Waals surface area contributed by atoms with E-state index < -0.39 is 11.7 Å². The molecule has 1 N–H and O–H groups in total. The highest BCUT2D eigenvalue weighted by molar-refractivity contribution is 5.90. The molecule has 5 heteroatoms. The van der Waals surface area contributed by atoms with Crippen molar-refractivity contribution in [1.82, 2.24) is 9.88 Å². The van der Waals surface area contributed by atoms with E-state index in [0.29, 0.717) is 17.6 Å². The highest BCUT2D eigenvalue weighted by atomic mass is 19.4. The highest BCUT2D eigenvalue weighted by Crippen LogP contribution is 2.41. The molecule has 1 fully saturated rings. The van der Waals surface area contributed by atoms with Gasteiger partial charge in [-0.25, -0.2) is 0 Å². The van der Waals surface area contributed by atoms with Crippen molar-refractivity contribution in [3.63, 3.8) is 0 Å². The van der Waals surface area contributed by atoms with Crippen molar-refractivity contribution < 1.29 is 13.2 Å². The van der Waals surface area contributed by atoms with Gasteiger partial charge in [-0.2, -0.15) is 13.2 Å². The first-order chi connectivity index (χ1) is 13.9. The molecule has 2 aliphatic heterocycles. The zero-order chi connectivity index (χ0) is 20.2. The third-order valence-corrected chi connectivity index (χ3v) is 6.20. The third kappa shape index (κ3) is 3.27. The molecule has 2 aromatic carbocycles. The van der Waals surface area contributed by atoms with Gasteiger partial charge < -0.3 is 9.88 Å². The normalized spacial score (nSPS) is 21.7. The summed E-state index contributed by atoms with van der Waals surface area (Å²) in [5, 5.41) is 5.03. The summed E-state index contributed by atoms with van der Waals surface area (Å²) in [6, 6.07) is 12.8. The number of fused-ring (bicyclic) bond motifs is 6. The molecule has 2 aliphatic rings. The summed E-state index contributed by atoms with van der Waals surface area (Å²) in [6.07, 6.45) is 3.89. The number of benzene rings is 2. The molecule has 29 heavy (non-hydrogen) atoms. The monoisotopic (exact) mass is 396 g/mol. The molecule has 0 saturated carbocycles. The second kappa shape index (κ2) is 6.77. The van der Waals surface area contributed by atoms with Crippen LogP contribution in [0.25, 0.3) is 23.2 Å². The average molecular weight is 396 g/mol. The first kappa shape index (κ1) is 18.5. The van der Waals surface area contributed by atoms with Crippen molar-refractivity contribution in [2.75, 3.05) is 0 Å². The summed E-state index contributed by atoms with van der Waals surface area (Å²) in [5.74, 6) is 0. The lowest BCUT2D eigenvalue weighted by Crippen LogP contribution is -2.42. The van der Waals surface area contributed by atoms with Gasteiger partial charge >= 0.3 is 6.18 Å². The predicted molar refractivity (Wildman–Crippen MR) is 111 cm³/mol. The van der Waals surface area contributed by atoms with E-state index in [2.05, 4.69) is 35.0 Å². The number of halogens is 3. The topological polar surface area (TPSA) is 17.0 Å². The van der Waals surface area contributed by atoms with Crippen molar-refractivity contribution in [1.29, 1.82) is 0 Å². The average Bonchev–Trinajstić information content (AvgIpc) is 2.98. The van der Waals surface area contributed by atoms with Crippen LogP contribution in [-0.2, 0) is 12.6 Å². The largest absolute Gasteiger partial charge is 0.416 e. The molecular formula is C24H23F3N2. The molecular weight excluding hydrogens is 373 g/mol. The van der Waals surface area contributed by atoms with E-state index in [1.807, 2.05) is 6.20 Å². The van der Waals surface area contributed by atoms with Gasteiger partial charge in [-0.3, -0.25) is 0 Å². The molecule has 0 amide bonds. The summed E-state index contributed by atoms with van der Waals surface area (Å²) in [7, 11) is 0. The van der Waals surface area contributed by atoms with Crippen LogP contribution in [0.3, 0.4) is 0 Å². The van der Waals surface area contributed by atoms with Crippen LogP contribution in [0.1, 0.15) is 53.3 Å². The van der Waals surface area contributed by atoms with Crippen LogP contribution in [0.5, 0.6) is 0 Å². The number of hydrogen-bond acceptors (Lipinski definition) is 1. The summed E-state index contributed by atoms with van der Waals surface area (Å²) in [6.45, 7) is 2.10. The Bertz CT molecular complexity index is 1110. The number of aryl methyl sites for hydroxylation is 1. The minimum atomic E-state index is -4.33. The Balaban J connectivity index is 1.63. The molecule has 0 aliphatic carbocycles. The Hall–Kier alpha value is -2.53. The van der Waals surface area contributed by atoms with Gasteiger partial charge in [-0.05, 0) is 67.7 Å². The van der Waals surface area contributed by atoms with Crippen molar-refractivity contribution in [3.8, 4) is 0 Å². The molecule has 5 rings (SSSR count). The van der Waals surface area contributed by atoms with Crippen LogP contribution in [0.15, 0.2) is 42.5 Å². The van der Waals surface area contributed by atoms with E-state index in [1.54, 1.807) is 12.1 Å². The van der Waals surface area contributed by atoms with Crippen molar-refractivity contribution >= 4 is 23.2 Å². The molecule has 3 aromatic rings. The van der Waals surface area contributed by atoms with Gasteiger partial charge in [0, 0.05) is 35.8 Å². The zero-order valence-corrected chi connectivity index (χ0v) is 16.3. The molecule has 2 nitrogen and oxygen atoms in total. The molecule has 0 radical (unpaired) electrons. The number of alkyl halides is 3. The second-order valence-corrected chi connectivity index (χ2v) is 8.24. The summed E-state index contributed by atoms with van der Waals surface area (Å²) >= 11 is 0. The van der Waals surface area contributed by atoms with Gasteiger partial charge in [-0.1, -0.05) is 23.8 Å². The van der Waals surface area contributed by atoms with Crippen LogP contribution in [0.4, 0.5) is 13.2 Å². The van der Waals surface area contributed by atoms with E-state index in [4.69, 9.17) is 0 Å². The Kier molecular flexibility index (Phi) is 4.32. The fourth-order valence-electron chi connectivity index (χ4n) is 4.89. The SMILES string of the molecule is Cc1ccc2c(c1)c1c(n2/C=C\c2cccc(C(F)(F)F)c2)CC2CCC[C@@H]1N2. The highest BCUT2D eigenvalue weighted by Gasteiger charge is 2.34. The van der Waals surface area contributed by atoms with Gasteiger partial charge in [0.2, 0.25) is 0 Å². The molecule has 150 valence electrons. The molecule has 1 saturated heterocycles. The molecule has 1 unspecified atom stereocenters. The van der Waals surface area contributed by atoms with Crippen LogP contribution in [-0.4, -0.2) is 10.6 Å². The quantitative estimate of drug-likeness (QED) is 0.535. The van der Waals surface area contributed by atoms with Gasteiger partial charge in [0.25, 0.3) is 0 Å². The Morgan fingerprint density at radius 3 is 2.79 bits per heavy atom. The maximum Gasteiger partial charge on any atom is 0.416 e. The molecule has 1 aromatic heterocycles. The lowest BCUT2D eigenvalue weighted by Gasteiger charge is -2.36. The maximum absolute atomic E-state index is 13.0. The van der Waals surface area contributed by atoms with Crippen LogP contribution >= 0.6 is 0 Å². The van der Waals surface area contributed by atoms with Gasteiger partial charge in [0.15, 0.2) is 0 Å². The molecule has 3 heterocycles. The maximum atomic E-state index is 13.0. The molecule has 2 bridgehead atoms. The Labute approximate surface area is 168 Å². The number of hydrogen-bond donors (Lipinski definition) is 1. The van der Waals surface area contributed by atoms with Crippen LogP contribution in [0, 0.1) is 6.92 Å². The van der Waals surface area contributed by atoms with E-state index in [9.17, 15) is 13.2 Å². The lowest BCUT2D eigenvalue weighted by atomic mass is 9.84. The minimum absolute atomic E-state index is 0.366. The number of aromatic nitrogens is 1. The number of nitrogens with one attached hydrogen (secondary N) is 1. The van der Waals surface area contributed by atoms with Gasteiger partial charge in [0.1, 0.15) is 0 Å². The first-order valence-corrected chi connectivity index (χ1v) is 10.1. The second-order valence-electron chi connectivity index (χ2n) is 8.24. The van der Waals surface area contributed by atoms with E-state index >= 15 is 0 Å². The number of nitrogens with zero attached hydrogens (tertiary/aromatic N) is 1. The Morgan fingerprint density at radius 1 is 1.10 bits per heavy atom. The fraction of sp³-hybridized carbons (Fsp3) is 0.333. The van der Waals surface area contributed by atoms with Crippen molar-refractivity contribution in [2.24, 2.45) is 0 Å². The summed E-state index contributed by atoms with van der Waals surface area (Å²) < 4.78 is 41.3. The predicted octanol–water partition coefficient (Wildman–Crippen LogP) is 6.34. The van der Waals surface area contributed by atoms with E-state index in [-0.39, 0.29) is 0 Å².